The zero-order valence-corrected chi connectivity index (χ0v) is 17.7. The first-order valence-corrected chi connectivity index (χ1v) is 10.0. The molecule has 30 heavy (non-hydrogen) atoms. The lowest BCUT2D eigenvalue weighted by molar-refractivity contribution is -0.147. The molecule has 9 nitrogen and oxygen atoms in total. The Labute approximate surface area is 177 Å². The Balaban J connectivity index is 2.61. The molecule has 166 valence electrons. The summed E-state index contributed by atoms with van der Waals surface area (Å²) in [4.78, 5) is 36.2. The van der Waals surface area contributed by atoms with Crippen molar-refractivity contribution in [3.05, 3.63) is 35.9 Å². The van der Waals surface area contributed by atoms with Crippen LogP contribution in [0.4, 0.5) is 0 Å². The topological polar surface area (TPSA) is 157 Å². The van der Waals surface area contributed by atoms with Crippen LogP contribution in [-0.4, -0.2) is 48.0 Å². The number of hydrogen-bond acceptors (Lipinski definition) is 4. The van der Waals surface area contributed by atoms with Gasteiger partial charge in [0.05, 0.1) is 5.41 Å². The standard InChI is InChI=1S/C21H33N5O4/c1-21(2,19(29)30)11-10-17(27)26-16(14-15-8-4-3-5-9-15)18(28)24-12-6-7-13-25-20(22)23/h3-5,8-9,16H,6-7,10-14H2,1-2H3,(H,24,28)(H,26,27)(H,29,30)(H4,22,23,25)/t16-/m1/s1. The van der Waals surface area contributed by atoms with Gasteiger partial charge in [0, 0.05) is 25.9 Å². The fraction of sp³-hybridized carbons (Fsp3) is 0.524. The number of rotatable bonds is 13. The van der Waals surface area contributed by atoms with Crippen LogP contribution in [-0.2, 0) is 20.8 Å². The predicted molar refractivity (Wildman–Crippen MR) is 115 cm³/mol. The van der Waals surface area contributed by atoms with Gasteiger partial charge in [0.2, 0.25) is 11.8 Å². The van der Waals surface area contributed by atoms with Crippen LogP contribution in [0.5, 0.6) is 0 Å². The van der Waals surface area contributed by atoms with Gasteiger partial charge in [-0.25, -0.2) is 0 Å². The van der Waals surface area contributed by atoms with Gasteiger partial charge in [0.15, 0.2) is 5.96 Å². The number of aliphatic carboxylic acids is 1. The number of hydrogen-bond donors (Lipinski definition) is 6. The number of carboxylic acids is 1. The van der Waals surface area contributed by atoms with Crippen LogP contribution in [0.25, 0.3) is 0 Å². The number of nitrogens with two attached hydrogens (primary N) is 1. The Morgan fingerprint density at radius 1 is 1.10 bits per heavy atom. The Morgan fingerprint density at radius 2 is 1.70 bits per heavy atom. The van der Waals surface area contributed by atoms with Gasteiger partial charge in [0.1, 0.15) is 6.04 Å². The van der Waals surface area contributed by atoms with E-state index in [0.29, 0.717) is 25.9 Å². The summed E-state index contributed by atoms with van der Waals surface area (Å²) < 4.78 is 0. The second-order valence-corrected chi connectivity index (χ2v) is 7.84. The number of guanidine groups is 1. The molecule has 0 spiro atoms. The molecule has 0 aliphatic heterocycles. The van der Waals surface area contributed by atoms with E-state index in [1.165, 1.54) is 0 Å². The summed E-state index contributed by atoms with van der Waals surface area (Å²) in [7, 11) is 0. The Bertz CT molecular complexity index is 721. The van der Waals surface area contributed by atoms with Gasteiger partial charge in [-0.2, -0.15) is 0 Å². The summed E-state index contributed by atoms with van der Waals surface area (Å²) >= 11 is 0. The van der Waals surface area contributed by atoms with Crippen molar-refractivity contribution in [1.29, 1.82) is 5.41 Å². The monoisotopic (exact) mass is 419 g/mol. The highest BCUT2D eigenvalue weighted by molar-refractivity contribution is 5.88. The molecule has 2 amide bonds. The van der Waals surface area contributed by atoms with Crippen LogP contribution in [0.3, 0.4) is 0 Å². The van der Waals surface area contributed by atoms with Gasteiger partial charge >= 0.3 is 5.97 Å². The number of unbranched alkanes of at least 4 members (excludes halogenated alkanes) is 1. The van der Waals surface area contributed by atoms with E-state index >= 15 is 0 Å². The molecule has 0 aliphatic carbocycles. The highest BCUT2D eigenvalue weighted by Gasteiger charge is 2.28. The van der Waals surface area contributed by atoms with Crippen molar-refractivity contribution in [3.63, 3.8) is 0 Å². The molecule has 0 aromatic heterocycles. The Hall–Kier alpha value is -3.10. The fourth-order valence-electron chi connectivity index (χ4n) is 2.67. The number of carbonyl (C=O) groups is 3. The second kappa shape index (κ2) is 12.5. The summed E-state index contributed by atoms with van der Waals surface area (Å²) in [5.41, 5.74) is 5.11. The maximum absolute atomic E-state index is 12.6. The van der Waals surface area contributed by atoms with Crippen molar-refractivity contribution in [1.82, 2.24) is 16.0 Å². The number of benzene rings is 1. The molecule has 9 heteroatoms. The van der Waals surface area contributed by atoms with Crippen molar-refractivity contribution in [2.45, 2.75) is 52.0 Å². The van der Waals surface area contributed by atoms with Crippen LogP contribution < -0.4 is 21.7 Å². The van der Waals surface area contributed by atoms with Crippen LogP contribution in [0.2, 0.25) is 0 Å². The van der Waals surface area contributed by atoms with Gasteiger partial charge < -0.3 is 26.8 Å². The highest BCUT2D eigenvalue weighted by atomic mass is 16.4. The summed E-state index contributed by atoms with van der Waals surface area (Å²) in [6.07, 6.45) is 1.98. The summed E-state index contributed by atoms with van der Waals surface area (Å²) in [5, 5.41) is 24.5. The van der Waals surface area contributed by atoms with Gasteiger partial charge in [-0.05, 0) is 38.7 Å². The van der Waals surface area contributed by atoms with E-state index in [9.17, 15) is 19.5 Å². The molecule has 7 N–H and O–H groups in total. The molecule has 0 saturated carbocycles. The lowest BCUT2D eigenvalue weighted by Crippen LogP contribution is -2.48. The van der Waals surface area contributed by atoms with Gasteiger partial charge in [-0.1, -0.05) is 30.3 Å². The third kappa shape index (κ3) is 9.90. The molecule has 0 aliphatic rings. The van der Waals surface area contributed by atoms with Crippen molar-refractivity contribution in [2.24, 2.45) is 11.1 Å². The number of carbonyl (C=O) groups excluding carboxylic acids is 2. The van der Waals surface area contributed by atoms with E-state index < -0.39 is 17.4 Å². The molecule has 0 heterocycles. The third-order valence-corrected chi connectivity index (χ3v) is 4.71. The maximum atomic E-state index is 12.6. The minimum atomic E-state index is -1.01. The number of amides is 2. The molecule has 0 radical (unpaired) electrons. The first kappa shape index (κ1) is 24.9. The van der Waals surface area contributed by atoms with Crippen LogP contribution >= 0.6 is 0 Å². The largest absolute Gasteiger partial charge is 0.481 e. The lowest BCUT2D eigenvalue weighted by atomic mass is 9.88. The van der Waals surface area contributed by atoms with Crippen LogP contribution in [0.1, 0.15) is 45.1 Å². The molecule has 0 fully saturated rings. The second-order valence-electron chi connectivity index (χ2n) is 7.84. The molecule has 0 unspecified atom stereocenters. The molecular formula is C21H33N5O4. The average molecular weight is 420 g/mol. The Kier molecular flexibility index (Phi) is 10.4. The first-order valence-electron chi connectivity index (χ1n) is 10.0. The minimum absolute atomic E-state index is 0.0224. The zero-order valence-electron chi connectivity index (χ0n) is 17.7. The number of nitrogens with one attached hydrogen (secondary N) is 4. The summed E-state index contributed by atoms with van der Waals surface area (Å²) in [6.45, 7) is 4.12. The summed E-state index contributed by atoms with van der Waals surface area (Å²) in [5.74, 6) is -1.70. The van der Waals surface area contributed by atoms with Crippen LogP contribution in [0, 0.1) is 10.8 Å². The number of carboxylic acid groups (broad SMARTS) is 1. The molecule has 1 aromatic rings. The Morgan fingerprint density at radius 3 is 2.27 bits per heavy atom. The maximum Gasteiger partial charge on any atom is 0.309 e. The van der Waals surface area contributed by atoms with E-state index in [-0.39, 0.29) is 30.6 Å². The molecular weight excluding hydrogens is 386 g/mol. The molecule has 0 saturated heterocycles. The predicted octanol–water partition coefficient (Wildman–Crippen LogP) is 0.984. The molecule has 1 aromatic carbocycles. The normalized spacial score (nSPS) is 11.9. The van der Waals surface area contributed by atoms with E-state index in [0.717, 1.165) is 12.0 Å². The van der Waals surface area contributed by atoms with E-state index in [1.807, 2.05) is 30.3 Å². The molecule has 1 rings (SSSR count). The van der Waals surface area contributed by atoms with Crippen molar-refractivity contribution in [2.75, 3.05) is 13.1 Å². The van der Waals surface area contributed by atoms with Crippen molar-refractivity contribution in [3.8, 4) is 0 Å². The first-order chi connectivity index (χ1) is 14.1. The van der Waals surface area contributed by atoms with E-state index in [4.69, 9.17) is 11.1 Å². The van der Waals surface area contributed by atoms with Crippen LogP contribution in [0.15, 0.2) is 30.3 Å². The smallest absolute Gasteiger partial charge is 0.309 e. The quantitative estimate of drug-likeness (QED) is 0.159. The minimum Gasteiger partial charge on any atom is -0.481 e. The van der Waals surface area contributed by atoms with Crippen molar-refractivity contribution >= 4 is 23.7 Å². The van der Waals surface area contributed by atoms with E-state index in [2.05, 4.69) is 16.0 Å². The highest BCUT2D eigenvalue weighted by Crippen LogP contribution is 2.22. The SMILES string of the molecule is CC(C)(CCC(=O)N[C@H](Cc1ccccc1)C(=O)NCCCCNC(=N)N)C(=O)O. The zero-order chi connectivity index (χ0) is 22.6. The van der Waals surface area contributed by atoms with Gasteiger partial charge in [-0.15, -0.1) is 0 Å². The van der Waals surface area contributed by atoms with E-state index in [1.54, 1.807) is 13.8 Å². The lowest BCUT2D eigenvalue weighted by Gasteiger charge is -2.21. The molecule has 1 atom stereocenters. The van der Waals surface area contributed by atoms with Gasteiger partial charge in [-0.3, -0.25) is 19.8 Å². The molecule has 0 bridgehead atoms. The third-order valence-electron chi connectivity index (χ3n) is 4.71. The van der Waals surface area contributed by atoms with Gasteiger partial charge in [0.25, 0.3) is 0 Å². The summed E-state index contributed by atoms with van der Waals surface area (Å²) in [6, 6.07) is 8.62. The average Bonchev–Trinajstić information content (AvgIpc) is 2.69. The van der Waals surface area contributed by atoms with Crippen molar-refractivity contribution < 1.29 is 19.5 Å². The fourth-order valence-corrected chi connectivity index (χ4v) is 2.67.